The van der Waals surface area contributed by atoms with Gasteiger partial charge in [0.2, 0.25) is 0 Å². The lowest BCUT2D eigenvalue weighted by molar-refractivity contribution is -0.142. The van der Waals surface area contributed by atoms with Crippen LogP contribution >= 0.6 is 0 Å². The van der Waals surface area contributed by atoms with E-state index in [2.05, 4.69) is 5.32 Å². The standard InChI is InChI=1S/C13H16N2O3/c1-9-8-10(16)4-5-11(9)14-12(17)13(18)15-6-2-3-7-15/h4-5,8,16H,2-3,6-7H2,1H3,(H,14,17). The molecule has 0 spiro atoms. The van der Waals surface area contributed by atoms with E-state index in [1.54, 1.807) is 17.9 Å². The number of hydrogen-bond acceptors (Lipinski definition) is 3. The van der Waals surface area contributed by atoms with E-state index in [-0.39, 0.29) is 5.75 Å². The van der Waals surface area contributed by atoms with Gasteiger partial charge < -0.3 is 15.3 Å². The van der Waals surface area contributed by atoms with E-state index in [1.165, 1.54) is 12.1 Å². The van der Waals surface area contributed by atoms with Gasteiger partial charge in [0.1, 0.15) is 5.75 Å². The largest absolute Gasteiger partial charge is 0.508 e. The van der Waals surface area contributed by atoms with Crippen LogP contribution in [0.5, 0.6) is 5.75 Å². The third-order valence-corrected chi connectivity index (χ3v) is 3.05. The van der Waals surface area contributed by atoms with Gasteiger partial charge in [-0.15, -0.1) is 0 Å². The molecule has 0 unspecified atom stereocenters. The van der Waals surface area contributed by atoms with Crippen molar-refractivity contribution in [3.63, 3.8) is 0 Å². The summed E-state index contributed by atoms with van der Waals surface area (Å²) in [4.78, 5) is 25.1. The Balaban J connectivity index is 2.04. The normalized spacial score (nSPS) is 14.6. The summed E-state index contributed by atoms with van der Waals surface area (Å²) in [6.07, 6.45) is 1.91. The van der Waals surface area contributed by atoms with E-state index in [0.717, 1.165) is 18.4 Å². The number of amides is 2. The van der Waals surface area contributed by atoms with Gasteiger partial charge in [-0.3, -0.25) is 9.59 Å². The fourth-order valence-electron chi connectivity index (χ4n) is 2.03. The summed E-state index contributed by atoms with van der Waals surface area (Å²) in [7, 11) is 0. The lowest BCUT2D eigenvalue weighted by Crippen LogP contribution is -2.37. The van der Waals surface area contributed by atoms with E-state index in [1.807, 2.05) is 0 Å². The molecule has 1 aliphatic rings. The van der Waals surface area contributed by atoms with Crippen molar-refractivity contribution in [2.75, 3.05) is 18.4 Å². The summed E-state index contributed by atoms with van der Waals surface area (Å²) in [5.41, 5.74) is 1.27. The summed E-state index contributed by atoms with van der Waals surface area (Å²) in [6.45, 7) is 3.07. The summed E-state index contributed by atoms with van der Waals surface area (Å²) in [5.74, 6) is -0.970. The number of carbonyl (C=O) groups is 2. The highest BCUT2D eigenvalue weighted by molar-refractivity contribution is 6.39. The molecule has 2 amide bonds. The van der Waals surface area contributed by atoms with Crippen molar-refractivity contribution in [1.82, 2.24) is 4.90 Å². The maximum Gasteiger partial charge on any atom is 0.313 e. The van der Waals surface area contributed by atoms with Gasteiger partial charge >= 0.3 is 11.8 Å². The Labute approximate surface area is 105 Å². The number of carbonyl (C=O) groups excluding carboxylic acids is 2. The number of rotatable bonds is 1. The number of phenols is 1. The van der Waals surface area contributed by atoms with E-state index in [0.29, 0.717) is 18.8 Å². The zero-order valence-corrected chi connectivity index (χ0v) is 10.3. The lowest BCUT2D eigenvalue weighted by atomic mass is 10.2. The fourth-order valence-corrected chi connectivity index (χ4v) is 2.03. The van der Waals surface area contributed by atoms with Gasteiger partial charge in [0.25, 0.3) is 0 Å². The second-order valence-corrected chi connectivity index (χ2v) is 4.45. The third kappa shape index (κ3) is 2.61. The number of anilines is 1. The monoisotopic (exact) mass is 248 g/mol. The molecule has 0 bridgehead atoms. The molecule has 1 saturated heterocycles. The molecule has 5 nitrogen and oxygen atoms in total. The maximum absolute atomic E-state index is 11.8. The summed E-state index contributed by atoms with van der Waals surface area (Å²) >= 11 is 0. The first-order valence-electron chi connectivity index (χ1n) is 5.98. The van der Waals surface area contributed by atoms with Gasteiger partial charge in [-0.05, 0) is 43.5 Å². The van der Waals surface area contributed by atoms with Crippen molar-refractivity contribution in [3.8, 4) is 5.75 Å². The van der Waals surface area contributed by atoms with Gasteiger partial charge in [0, 0.05) is 18.8 Å². The Morgan fingerprint density at radius 1 is 1.28 bits per heavy atom. The van der Waals surface area contributed by atoms with Crippen molar-refractivity contribution in [1.29, 1.82) is 0 Å². The van der Waals surface area contributed by atoms with Crippen LogP contribution < -0.4 is 5.32 Å². The first-order chi connectivity index (χ1) is 8.58. The molecule has 0 atom stereocenters. The smallest absolute Gasteiger partial charge is 0.313 e. The summed E-state index contributed by atoms with van der Waals surface area (Å²) in [6, 6.07) is 4.60. The predicted molar refractivity (Wildman–Crippen MR) is 67.3 cm³/mol. The molecule has 1 fully saturated rings. The third-order valence-electron chi connectivity index (χ3n) is 3.05. The van der Waals surface area contributed by atoms with Crippen molar-refractivity contribution in [2.45, 2.75) is 19.8 Å². The molecular weight excluding hydrogens is 232 g/mol. The number of nitrogens with zero attached hydrogens (tertiary/aromatic N) is 1. The molecule has 96 valence electrons. The van der Waals surface area contributed by atoms with Gasteiger partial charge in [-0.2, -0.15) is 0 Å². The molecule has 0 radical (unpaired) electrons. The SMILES string of the molecule is Cc1cc(O)ccc1NC(=O)C(=O)N1CCCC1. The first kappa shape index (κ1) is 12.4. The van der Waals surface area contributed by atoms with Crippen molar-refractivity contribution in [2.24, 2.45) is 0 Å². The average Bonchev–Trinajstić information content (AvgIpc) is 2.85. The van der Waals surface area contributed by atoms with Crippen molar-refractivity contribution >= 4 is 17.5 Å². The number of phenolic OH excluding ortho intramolecular Hbond substituents is 1. The molecule has 2 rings (SSSR count). The minimum absolute atomic E-state index is 0.136. The number of nitrogens with one attached hydrogen (secondary N) is 1. The van der Waals surface area contributed by atoms with Crippen LogP contribution in [-0.2, 0) is 9.59 Å². The molecule has 1 aromatic rings. The molecule has 1 aliphatic heterocycles. The lowest BCUT2D eigenvalue weighted by Gasteiger charge is -2.15. The average molecular weight is 248 g/mol. The Kier molecular flexibility index (Phi) is 3.50. The van der Waals surface area contributed by atoms with Crippen LogP contribution in [0.25, 0.3) is 0 Å². The van der Waals surface area contributed by atoms with Crippen molar-refractivity contribution < 1.29 is 14.7 Å². The zero-order valence-electron chi connectivity index (χ0n) is 10.3. The summed E-state index contributed by atoms with van der Waals surface area (Å²) < 4.78 is 0. The Bertz CT molecular complexity index is 479. The molecule has 0 saturated carbocycles. The van der Waals surface area contributed by atoms with Gasteiger partial charge in [-0.25, -0.2) is 0 Å². The Hall–Kier alpha value is -2.04. The Morgan fingerprint density at radius 2 is 1.94 bits per heavy atom. The fraction of sp³-hybridized carbons (Fsp3) is 0.385. The second kappa shape index (κ2) is 5.08. The van der Waals surface area contributed by atoms with Crippen LogP contribution in [0.1, 0.15) is 18.4 Å². The summed E-state index contributed by atoms with van der Waals surface area (Å²) in [5, 5.41) is 11.8. The van der Waals surface area contributed by atoms with Gasteiger partial charge in [-0.1, -0.05) is 0 Å². The molecule has 1 heterocycles. The predicted octanol–water partition coefficient (Wildman–Crippen LogP) is 1.26. The van der Waals surface area contributed by atoms with E-state index in [4.69, 9.17) is 0 Å². The minimum Gasteiger partial charge on any atom is -0.508 e. The van der Waals surface area contributed by atoms with Crippen LogP contribution in [0.3, 0.4) is 0 Å². The minimum atomic E-state index is -0.620. The van der Waals surface area contributed by atoms with Crippen LogP contribution in [0.4, 0.5) is 5.69 Å². The molecule has 0 aliphatic carbocycles. The first-order valence-corrected chi connectivity index (χ1v) is 5.98. The van der Waals surface area contributed by atoms with Crippen LogP contribution in [0.2, 0.25) is 0 Å². The van der Waals surface area contributed by atoms with E-state index < -0.39 is 11.8 Å². The molecule has 0 aromatic heterocycles. The van der Waals surface area contributed by atoms with E-state index in [9.17, 15) is 14.7 Å². The molecule has 1 aromatic carbocycles. The molecule has 18 heavy (non-hydrogen) atoms. The quantitative estimate of drug-likeness (QED) is 0.580. The molecule has 5 heteroatoms. The highest BCUT2D eigenvalue weighted by Gasteiger charge is 2.24. The highest BCUT2D eigenvalue weighted by atomic mass is 16.3. The maximum atomic E-state index is 11.8. The van der Waals surface area contributed by atoms with Gasteiger partial charge in [0.05, 0.1) is 0 Å². The number of hydrogen-bond donors (Lipinski definition) is 2. The highest BCUT2D eigenvalue weighted by Crippen LogP contribution is 2.20. The van der Waals surface area contributed by atoms with E-state index >= 15 is 0 Å². The van der Waals surface area contributed by atoms with Gasteiger partial charge in [0.15, 0.2) is 0 Å². The van der Waals surface area contributed by atoms with Crippen LogP contribution in [0.15, 0.2) is 18.2 Å². The number of benzene rings is 1. The topological polar surface area (TPSA) is 69.6 Å². The van der Waals surface area contributed by atoms with Crippen LogP contribution in [0, 0.1) is 6.92 Å². The number of aromatic hydroxyl groups is 1. The number of likely N-dealkylation sites (tertiary alicyclic amines) is 1. The number of aryl methyl sites for hydroxylation is 1. The molecule has 2 N–H and O–H groups in total. The van der Waals surface area contributed by atoms with Crippen LogP contribution in [-0.4, -0.2) is 34.9 Å². The second-order valence-electron chi connectivity index (χ2n) is 4.45. The zero-order chi connectivity index (χ0) is 13.1. The molecular formula is C13H16N2O3. The Morgan fingerprint density at radius 3 is 2.56 bits per heavy atom. The van der Waals surface area contributed by atoms with Crippen molar-refractivity contribution in [3.05, 3.63) is 23.8 Å².